The fourth-order valence-electron chi connectivity index (χ4n) is 2.24. The van der Waals surface area contributed by atoms with Gasteiger partial charge < -0.3 is 21.9 Å². The van der Waals surface area contributed by atoms with Gasteiger partial charge in [-0.05, 0) is 25.3 Å². The van der Waals surface area contributed by atoms with Crippen LogP contribution in [0.4, 0.5) is 4.39 Å². The van der Waals surface area contributed by atoms with Crippen LogP contribution in [0.5, 0.6) is 0 Å². The van der Waals surface area contributed by atoms with E-state index >= 15 is 0 Å². The van der Waals surface area contributed by atoms with E-state index in [4.69, 9.17) is 0 Å². The van der Waals surface area contributed by atoms with Crippen molar-refractivity contribution in [2.45, 2.75) is 26.3 Å². The first kappa shape index (κ1) is 17.4. The van der Waals surface area contributed by atoms with E-state index in [9.17, 15) is 4.39 Å². The molecular formula is C13H17BrFMgN. The molecule has 0 radical (unpaired) electrons. The number of piperidine rings is 1. The average molecular weight is 310 g/mol. The Balaban J connectivity index is 0.00000128. The van der Waals surface area contributed by atoms with E-state index in [1.54, 1.807) is 6.07 Å². The van der Waals surface area contributed by atoms with Crippen LogP contribution < -0.4 is 17.0 Å². The molecule has 1 aliphatic rings. The molecule has 0 bridgehead atoms. The third kappa shape index (κ3) is 5.24. The van der Waals surface area contributed by atoms with E-state index < -0.39 is 0 Å². The number of nitrogens with zero attached hydrogens (tertiary/aromatic N) is 1. The van der Waals surface area contributed by atoms with Crippen LogP contribution in [0, 0.1) is 17.8 Å². The molecule has 1 aliphatic heterocycles. The van der Waals surface area contributed by atoms with Crippen LogP contribution in [0.15, 0.2) is 18.2 Å². The van der Waals surface area contributed by atoms with E-state index in [1.807, 2.05) is 6.07 Å². The summed E-state index contributed by atoms with van der Waals surface area (Å²) in [4.78, 5) is 2.34. The zero-order valence-electron chi connectivity index (χ0n) is 10.3. The maximum atomic E-state index is 13.4. The predicted molar refractivity (Wildman–Crippen MR) is 64.7 cm³/mol. The van der Waals surface area contributed by atoms with Crippen LogP contribution in [0.25, 0.3) is 0 Å². The smallest absolute Gasteiger partial charge is 1.00 e. The molecule has 0 aromatic heterocycles. The van der Waals surface area contributed by atoms with Gasteiger partial charge in [0.25, 0.3) is 0 Å². The Labute approximate surface area is 130 Å². The predicted octanol–water partition coefficient (Wildman–Crippen LogP) is -0.519. The van der Waals surface area contributed by atoms with Gasteiger partial charge in [0.2, 0.25) is 0 Å². The van der Waals surface area contributed by atoms with Crippen molar-refractivity contribution in [3.05, 3.63) is 35.6 Å². The number of rotatable bonds is 2. The summed E-state index contributed by atoms with van der Waals surface area (Å²) >= 11 is 0. The second kappa shape index (κ2) is 8.46. The number of hydrogen-bond donors (Lipinski definition) is 0. The van der Waals surface area contributed by atoms with Gasteiger partial charge in [0.15, 0.2) is 0 Å². The van der Waals surface area contributed by atoms with Crippen molar-refractivity contribution in [1.29, 1.82) is 0 Å². The minimum absolute atomic E-state index is 0. The van der Waals surface area contributed by atoms with Gasteiger partial charge in [-0.2, -0.15) is 18.2 Å². The van der Waals surface area contributed by atoms with Crippen molar-refractivity contribution >= 4 is 23.1 Å². The van der Waals surface area contributed by atoms with E-state index in [1.165, 1.54) is 18.9 Å². The fraction of sp³-hybridized carbons (Fsp3) is 0.538. The molecule has 0 spiro atoms. The summed E-state index contributed by atoms with van der Waals surface area (Å²) in [6.07, 6.45) is 2.54. The Kier molecular flexibility index (Phi) is 8.63. The zero-order valence-corrected chi connectivity index (χ0v) is 13.3. The molecule has 0 N–H and O–H groups in total. The Morgan fingerprint density at radius 3 is 2.94 bits per heavy atom. The van der Waals surface area contributed by atoms with E-state index in [-0.39, 0.29) is 45.9 Å². The minimum atomic E-state index is -0.129. The second-order valence-electron chi connectivity index (χ2n) is 4.50. The molecule has 0 aliphatic carbocycles. The summed E-state index contributed by atoms with van der Waals surface area (Å²) in [5.74, 6) is 0.618. The molecule has 0 amide bonds. The van der Waals surface area contributed by atoms with Gasteiger partial charge >= 0.3 is 23.1 Å². The quantitative estimate of drug-likeness (QED) is 0.525. The molecule has 1 aromatic carbocycles. The van der Waals surface area contributed by atoms with Crippen molar-refractivity contribution in [3.63, 3.8) is 0 Å². The van der Waals surface area contributed by atoms with Crippen molar-refractivity contribution in [3.8, 4) is 0 Å². The van der Waals surface area contributed by atoms with Crippen LogP contribution in [-0.2, 0) is 6.54 Å². The summed E-state index contributed by atoms with van der Waals surface area (Å²) in [6.45, 7) is 5.20. The average Bonchev–Trinajstić information content (AvgIpc) is 2.22. The SMILES string of the molecule is CC1CCCN(Cc2cc[c-]cc2F)C1.[Br-].[Mg+2]. The summed E-state index contributed by atoms with van der Waals surface area (Å²) in [6, 6.07) is 7.78. The van der Waals surface area contributed by atoms with Crippen molar-refractivity contribution in [1.82, 2.24) is 4.90 Å². The third-order valence-electron chi connectivity index (χ3n) is 3.03. The van der Waals surface area contributed by atoms with Crippen LogP contribution in [0.1, 0.15) is 25.3 Å². The topological polar surface area (TPSA) is 3.24 Å². The van der Waals surface area contributed by atoms with Crippen LogP contribution in [0.2, 0.25) is 0 Å². The summed E-state index contributed by atoms with van der Waals surface area (Å²) in [5, 5.41) is 0. The van der Waals surface area contributed by atoms with Crippen LogP contribution in [0.3, 0.4) is 0 Å². The standard InChI is InChI=1S/C13H17FN.BrH.Mg/c1-11-5-4-8-15(9-11)10-12-6-2-3-7-13(12)14;;/h2,6-7,11H,4-5,8-10H2,1H3;1H;/q-1;;+2/p-1. The number of halogens is 2. The van der Waals surface area contributed by atoms with Gasteiger partial charge in [-0.15, -0.1) is 11.6 Å². The first-order chi connectivity index (χ1) is 7.25. The van der Waals surface area contributed by atoms with Gasteiger partial charge in [0.1, 0.15) is 0 Å². The van der Waals surface area contributed by atoms with Crippen molar-refractivity contribution in [2.75, 3.05) is 13.1 Å². The van der Waals surface area contributed by atoms with Gasteiger partial charge in [0, 0.05) is 18.9 Å². The van der Waals surface area contributed by atoms with E-state index in [0.29, 0.717) is 0 Å². The molecule has 0 saturated carbocycles. The minimum Gasteiger partial charge on any atom is -1.00 e. The molecule has 1 saturated heterocycles. The Bertz CT molecular complexity index is 335. The summed E-state index contributed by atoms with van der Waals surface area (Å²) in [5.41, 5.74) is 0.794. The van der Waals surface area contributed by atoms with Crippen molar-refractivity contribution in [2.24, 2.45) is 5.92 Å². The molecule has 17 heavy (non-hydrogen) atoms. The molecule has 1 heterocycles. The molecule has 1 atom stereocenters. The number of likely N-dealkylation sites (tertiary alicyclic amines) is 1. The number of benzene rings is 1. The Hall–Kier alpha value is 0.356. The van der Waals surface area contributed by atoms with E-state index in [0.717, 1.165) is 31.1 Å². The van der Waals surface area contributed by atoms with Crippen molar-refractivity contribution < 1.29 is 21.4 Å². The number of hydrogen-bond acceptors (Lipinski definition) is 1. The summed E-state index contributed by atoms with van der Waals surface area (Å²) in [7, 11) is 0. The molecule has 4 heteroatoms. The van der Waals surface area contributed by atoms with Crippen LogP contribution in [-0.4, -0.2) is 41.0 Å². The van der Waals surface area contributed by atoms with Gasteiger partial charge in [-0.25, -0.2) is 0 Å². The largest absolute Gasteiger partial charge is 2.00 e. The Morgan fingerprint density at radius 2 is 2.29 bits per heavy atom. The second-order valence-corrected chi connectivity index (χ2v) is 4.50. The fourth-order valence-corrected chi connectivity index (χ4v) is 2.24. The zero-order chi connectivity index (χ0) is 10.7. The van der Waals surface area contributed by atoms with Gasteiger partial charge in [-0.3, -0.25) is 4.39 Å². The molecule has 1 aromatic rings. The molecule has 1 unspecified atom stereocenters. The van der Waals surface area contributed by atoms with Gasteiger partial charge in [0.05, 0.1) is 0 Å². The monoisotopic (exact) mass is 309 g/mol. The van der Waals surface area contributed by atoms with Crippen LogP contribution >= 0.6 is 0 Å². The first-order valence-corrected chi connectivity index (χ1v) is 5.62. The maximum absolute atomic E-state index is 13.4. The molecular weight excluding hydrogens is 293 g/mol. The molecule has 1 nitrogen and oxygen atoms in total. The molecule has 2 rings (SSSR count). The first-order valence-electron chi connectivity index (χ1n) is 5.62. The third-order valence-corrected chi connectivity index (χ3v) is 3.03. The normalized spacial score (nSPS) is 20.2. The van der Waals surface area contributed by atoms with Gasteiger partial charge in [-0.1, -0.05) is 6.92 Å². The molecule has 1 fully saturated rings. The maximum Gasteiger partial charge on any atom is 2.00 e. The van der Waals surface area contributed by atoms with E-state index in [2.05, 4.69) is 17.9 Å². The molecule has 90 valence electrons. The summed E-state index contributed by atoms with van der Waals surface area (Å²) < 4.78 is 13.4. The Morgan fingerprint density at radius 1 is 1.53 bits per heavy atom.